The second kappa shape index (κ2) is 9.00. The minimum absolute atomic E-state index is 0.155. The molecule has 0 fully saturated rings. The third kappa shape index (κ3) is 4.63. The van der Waals surface area contributed by atoms with Gasteiger partial charge >= 0.3 is 0 Å². The van der Waals surface area contributed by atoms with Crippen molar-refractivity contribution < 1.29 is 17.9 Å². The highest BCUT2D eigenvalue weighted by molar-refractivity contribution is 7.92. The van der Waals surface area contributed by atoms with Crippen molar-refractivity contribution >= 4 is 21.6 Å². The van der Waals surface area contributed by atoms with Gasteiger partial charge in [-0.1, -0.05) is 30.3 Å². The summed E-state index contributed by atoms with van der Waals surface area (Å²) in [5.41, 5.74) is 1.91. The van der Waals surface area contributed by atoms with Crippen LogP contribution in [0.2, 0.25) is 0 Å². The van der Waals surface area contributed by atoms with Gasteiger partial charge in [-0.2, -0.15) is 0 Å². The van der Waals surface area contributed by atoms with E-state index in [9.17, 15) is 13.2 Å². The molecule has 30 heavy (non-hydrogen) atoms. The summed E-state index contributed by atoms with van der Waals surface area (Å²) in [7, 11) is 1.16. The lowest BCUT2D eigenvalue weighted by molar-refractivity contribution is 0.0785. The minimum atomic E-state index is -3.66. The average Bonchev–Trinajstić information content (AvgIpc) is 2.78. The van der Waals surface area contributed by atoms with Crippen LogP contribution in [0, 0.1) is 0 Å². The van der Waals surface area contributed by atoms with Crippen molar-refractivity contribution in [2.45, 2.75) is 11.4 Å². The molecule has 156 valence electrons. The van der Waals surface area contributed by atoms with E-state index >= 15 is 0 Å². The number of amides is 1. The van der Waals surface area contributed by atoms with Crippen LogP contribution in [0.4, 0.5) is 5.69 Å². The van der Waals surface area contributed by atoms with E-state index < -0.39 is 10.0 Å². The summed E-state index contributed by atoms with van der Waals surface area (Å²) in [5.74, 6) is 0.582. The predicted molar refractivity (Wildman–Crippen MR) is 117 cm³/mol. The summed E-state index contributed by atoms with van der Waals surface area (Å²) in [6.45, 7) is 0.431. The first-order chi connectivity index (χ1) is 14.3. The van der Waals surface area contributed by atoms with Gasteiger partial charge in [-0.15, -0.1) is 0 Å². The third-order valence-electron chi connectivity index (χ3n) is 4.78. The second-order valence-corrected chi connectivity index (χ2v) is 8.81. The highest BCUT2D eigenvalue weighted by Gasteiger charge is 2.21. The number of ether oxygens (including phenoxy) is 1. The molecule has 0 bridgehead atoms. The van der Waals surface area contributed by atoms with E-state index in [-0.39, 0.29) is 10.8 Å². The fourth-order valence-electron chi connectivity index (χ4n) is 3.04. The van der Waals surface area contributed by atoms with Gasteiger partial charge in [0.25, 0.3) is 15.9 Å². The van der Waals surface area contributed by atoms with Crippen molar-refractivity contribution in [3.63, 3.8) is 0 Å². The molecule has 0 atom stereocenters. The number of anilines is 1. The molecule has 0 unspecified atom stereocenters. The highest BCUT2D eigenvalue weighted by Crippen LogP contribution is 2.23. The summed E-state index contributed by atoms with van der Waals surface area (Å²) in [4.78, 5) is 14.6. The van der Waals surface area contributed by atoms with Crippen LogP contribution >= 0.6 is 0 Å². The van der Waals surface area contributed by atoms with E-state index in [0.717, 1.165) is 11.3 Å². The molecule has 6 nitrogen and oxygen atoms in total. The fourth-order valence-corrected chi connectivity index (χ4v) is 4.26. The molecule has 0 aliphatic carbocycles. The molecule has 0 radical (unpaired) electrons. The molecular weight excluding hydrogens is 400 g/mol. The zero-order valence-corrected chi connectivity index (χ0v) is 18.0. The van der Waals surface area contributed by atoms with Gasteiger partial charge < -0.3 is 9.64 Å². The zero-order valence-electron chi connectivity index (χ0n) is 17.1. The summed E-state index contributed by atoms with van der Waals surface area (Å²) >= 11 is 0. The van der Waals surface area contributed by atoms with E-state index in [0.29, 0.717) is 17.8 Å². The number of rotatable bonds is 7. The molecular formula is C23H24N2O4S. The van der Waals surface area contributed by atoms with E-state index in [1.165, 1.54) is 11.4 Å². The Labute approximate surface area is 177 Å². The molecule has 0 heterocycles. The Balaban J connectivity index is 1.73. The van der Waals surface area contributed by atoms with Crippen LogP contribution < -0.4 is 9.04 Å². The Morgan fingerprint density at radius 2 is 1.57 bits per heavy atom. The highest BCUT2D eigenvalue weighted by atomic mass is 32.2. The molecule has 3 rings (SSSR count). The van der Waals surface area contributed by atoms with Crippen LogP contribution in [0.3, 0.4) is 0 Å². The van der Waals surface area contributed by atoms with Gasteiger partial charge in [0.2, 0.25) is 0 Å². The lowest BCUT2D eigenvalue weighted by Gasteiger charge is -2.21. The SMILES string of the molecule is COc1cccc(CN(C)C(=O)c2ccc(N(C)S(=O)(=O)c3ccccc3)cc2)c1. The third-order valence-corrected chi connectivity index (χ3v) is 6.58. The Bertz CT molecular complexity index is 1110. The molecule has 0 saturated heterocycles. The smallest absolute Gasteiger partial charge is 0.264 e. The van der Waals surface area contributed by atoms with Crippen LogP contribution in [0.15, 0.2) is 83.8 Å². The Morgan fingerprint density at radius 3 is 2.20 bits per heavy atom. The topological polar surface area (TPSA) is 66.9 Å². The molecule has 0 aliphatic rings. The normalized spacial score (nSPS) is 11.0. The van der Waals surface area contributed by atoms with E-state index in [2.05, 4.69) is 0 Å². The number of methoxy groups -OCH3 is 1. The molecule has 3 aromatic rings. The molecule has 0 spiro atoms. The van der Waals surface area contributed by atoms with E-state index in [1.807, 2.05) is 24.3 Å². The van der Waals surface area contributed by atoms with Gasteiger partial charge in [-0.05, 0) is 54.1 Å². The first-order valence-electron chi connectivity index (χ1n) is 9.35. The van der Waals surface area contributed by atoms with E-state index in [1.54, 1.807) is 73.7 Å². The van der Waals surface area contributed by atoms with Crippen molar-refractivity contribution in [2.24, 2.45) is 0 Å². The minimum Gasteiger partial charge on any atom is -0.497 e. The summed E-state index contributed by atoms with van der Waals surface area (Å²) in [6, 6.07) is 22.3. The lowest BCUT2D eigenvalue weighted by Crippen LogP contribution is -2.27. The van der Waals surface area contributed by atoms with Crippen LogP contribution in [0.25, 0.3) is 0 Å². The van der Waals surface area contributed by atoms with Crippen molar-refractivity contribution in [3.05, 3.63) is 90.0 Å². The molecule has 1 amide bonds. The van der Waals surface area contributed by atoms with Gasteiger partial charge in [0.15, 0.2) is 0 Å². The standard InChI is InChI=1S/C23H24N2O4S/c1-24(17-18-8-7-9-21(16-18)29-3)23(26)19-12-14-20(15-13-19)25(2)30(27,28)22-10-5-4-6-11-22/h4-16H,17H2,1-3H3. The summed E-state index contributed by atoms with van der Waals surface area (Å²) in [6.07, 6.45) is 0. The maximum Gasteiger partial charge on any atom is 0.264 e. The first-order valence-corrected chi connectivity index (χ1v) is 10.8. The van der Waals surface area contributed by atoms with E-state index in [4.69, 9.17) is 4.74 Å². The van der Waals surface area contributed by atoms with Gasteiger partial charge in [-0.25, -0.2) is 8.42 Å². The maximum atomic E-state index is 12.8. The first kappa shape index (κ1) is 21.4. The maximum absolute atomic E-state index is 12.8. The largest absolute Gasteiger partial charge is 0.497 e. The predicted octanol–water partition coefficient (Wildman–Crippen LogP) is 3.79. The van der Waals surface area contributed by atoms with Crippen molar-refractivity contribution in [3.8, 4) is 5.75 Å². The summed E-state index contributed by atoms with van der Waals surface area (Å²) < 4.78 is 31.9. The lowest BCUT2D eigenvalue weighted by atomic mass is 10.1. The van der Waals surface area contributed by atoms with Crippen LogP contribution in [0.5, 0.6) is 5.75 Å². The Kier molecular flexibility index (Phi) is 6.42. The van der Waals surface area contributed by atoms with Crippen LogP contribution in [-0.2, 0) is 16.6 Å². The molecule has 0 aromatic heterocycles. The number of carbonyl (C=O) groups is 1. The van der Waals surface area contributed by atoms with Gasteiger partial charge in [0.1, 0.15) is 5.75 Å². The number of hydrogen-bond acceptors (Lipinski definition) is 4. The van der Waals surface area contributed by atoms with Crippen LogP contribution in [-0.4, -0.2) is 40.4 Å². The number of benzene rings is 3. The van der Waals surface area contributed by atoms with Crippen molar-refractivity contribution in [1.29, 1.82) is 0 Å². The van der Waals surface area contributed by atoms with Crippen LogP contribution in [0.1, 0.15) is 15.9 Å². The van der Waals surface area contributed by atoms with Gasteiger partial charge in [0.05, 0.1) is 17.7 Å². The molecule has 7 heteroatoms. The zero-order chi connectivity index (χ0) is 21.7. The molecule has 0 N–H and O–H groups in total. The number of nitrogens with zero attached hydrogens (tertiary/aromatic N) is 2. The average molecular weight is 425 g/mol. The summed E-state index contributed by atoms with van der Waals surface area (Å²) in [5, 5.41) is 0. The molecule has 3 aromatic carbocycles. The van der Waals surface area contributed by atoms with Crippen molar-refractivity contribution in [2.75, 3.05) is 25.5 Å². The second-order valence-electron chi connectivity index (χ2n) is 6.85. The van der Waals surface area contributed by atoms with Gasteiger partial charge in [0, 0.05) is 26.2 Å². The number of carbonyl (C=O) groups excluding carboxylic acids is 1. The Morgan fingerprint density at radius 1 is 0.900 bits per heavy atom. The Hall–Kier alpha value is -3.32. The monoisotopic (exact) mass is 424 g/mol. The number of hydrogen-bond donors (Lipinski definition) is 0. The van der Waals surface area contributed by atoms with Gasteiger partial charge in [-0.3, -0.25) is 9.10 Å². The molecule has 0 aliphatic heterocycles. The van der Waals surface area contributed by atoms with Crippen molar-refractivity contribution in [1.82, 2.24) is 4.90 Å². The fraction of sp³-hybridized carbons (Fsp3) is 0.174. The molecule has 0 saturated carbocycles. The quantitative estimate of drug-likeness (QED) is 0.579. The number of sulfonamides is 1.